The molecule has 0 saturated heterocycles. The maximum absolute atomic E-state index is 11.8. The largest absolute Gasteiger partial charge is 0.465 e. The van der Waals surface area contributed by atoms with Gasteiger partial charge in [0.15, 0.2) is 0 Å². The Balaban J connectivity index is -0.00000111. The van der Waals surface area contributed by atoms with Gasteiger partial charge in [0.2, 0.25) is 0 Å². The summed E-state index contributed by atoms with van der Waals surface area (Å²) in [6, 6.07) is 0. The summed E-state index contributed by atoms with van der Waals surface area (Å²) >= 11 is 19.9. The van der Waals surface area contributed by atoms with E-state index in [9.17, 15) is 33.6 Å². The molecule has 0 aromatic rings. The quantitative estimate of drug-likeness (QED) is 0.0248. The molecule has 0 aliphatic carbocycles. The zero-order chi connectivity index (χ0) is 46.2. The van der Waals surface area contributed by atoms with Gasteiger partial charge >= 0.3 is 41.8 Å². The van der Waals surface area contributed by atoms with E-state index >= 15 is 0 Å². The van der Waals surface area contributed by atoms with E-state index in [2.05, 4.69) is 63.1 Å². The standard InChI is InChI=1S/C21H38O9S2.C18H30O8S3.CH4/c1-3-18(22)28-10-7-25-15-21(4-2,16-26-8-11-29-19(23)5-13-31)17-27-9-12-30-20(24)6-14-32;1-2-3-14(19)23-10-18(11-24-15(20)4-7-27,12-25-16(21)5-8-28)13-26-17(22)6-9-29;/h31-32H,3-17H2,1-2H3;27-29H,2-13H2,1H3;1H4. The van der Waals surface area contributed by atoms with Crippen LogP contribution in [-0.2, 0) is 80.9 Å². The molecule has 22 heteroatoms. The molecule has 0 fully saturated rings. The Hall–Kier alpha value is -2.08. The second-order valence-corrected chi connectivity index (χ2v) is 15.5. The van der Waals surface area contributed by atoms with Crippen molar-refractivity contribution >= 4 is 105 Å². The van der Waals surface area contributed by atoms with Gasteiger partial charge in [0.25, 0.3) is 0 Å². The third-order valence-corrected chi connectivity index (χ3v) is 9.04. The van der Waals surface area contributed by atoms with E-state index < -0.39 is 34.7 Å². The first-order valence-corrected chi connectivity index (χ1v) is 23.3. The minimum atomic E-state index is -1.23. The molecule has 0 spiro atoms. The van der Waals surface area contributed by atoms with E-state index in [0.717, 1.165) is 0 Å². The molecule has 0 N–H and O–H groups in total. The molecule has 364 valence electrons. The molecule has 0 unspecified atom stereocenters. The Morgan fingerprint density at radius 2 is 0.629 bits per heavy atom. The van der Waals surface area contributed by atoms with Crippen molar-refractivity contribution in [3.8, 4) is 0 Å². The fourth-order valence-electron chi connectivity index (χ4n) is 4.32. The second kappa shape index (κ2) is 42.8. The summed E-state index contributed by atoms with van der Waals surface area (Å²) < 4.78 is 53.3. The van der Waals surface area contributed by atoms with Gasteiger partial charge in [-0.25, -0.2) is 0 Å². The number of thiol groups is 5. The predicted octanol–water partition coefficient (Wildman–Crippen LogP) is 4.65. The van der Waals surface area contributed by atoms with Gasteiger partial charge in [-0.2, -0.15) is 63.1 Å². The van der Waals surface area contributed by atoms with E-state index in [0.29, 0.717) is 67.8 Å². The van der Waals surface area contributed by atoms with Crippen molar-refractivity contribution < 1.29 is 80.9 Å². The predicted molar refractivity (Wildman–Crippen MR) is 249 cm³/mol. The number of rotatable bonds is 37. The highest BCUT2D eigenvalue weighted by atomic mass is 32.1. The van der Waals surface area contributed by atoms with E-state index in [1.807, 2.05) is 13.8 Å². The molecular formula is C40H72O17S5. The van der Waals surface area contributed by atoms with E-state index in [4.69, 9.17) is 47.4 Å². The molecule has 0 aromatic heterocycles. The molecule has 0 aliphatic heterocycles. The highest BCUT2D eigenvalue weighted by molar-refractivity contribution is 7.80. The number of esters is 7. The first-order chi connectivity index (χ1) is 29.2. The molecule has 0 rings (SSSR count). The molecule has 17 nitrogen and oxygen atoms in total. The maximum atomic E-state index is 11.8. The van der Waals surface area contributed by atoms with Crippen LogP contribution in [0.2, 0.25) is 0 Å². The number of carbonyl (C=O) groups excluding carboxylic acids is 7. The number of hydrogen-bond donors (Lipinski definition) is 5. The molecule has 0 atom stereocenters. The van der Waals surface area contributed by atoms with Crippen molar-refractivity contribution in [3.05, 3.63) is 0 Å². The van der Waals surface area contributed by atoms with Gasteiger partial charge in [-0.1, -0.05) is 28.2 Å². The van der Waals surface area contributed by atoms with E-state index in [1.54, 1.807) is 6.92 Å². The highest BCUT2D eigenvalue weighted by Gasteiger charge is 2.38. The molecule has 0 heterocycles. The summed E-state index contributed by atoms with van der Waals surface area (Å²) in [7, 11) is 0. The minimum absolute atomic E-state index is 0. The monoisotopic (exact) mass is 984 g/mol. The second-order valence-electron chi connectivity index (χ2n) is 13.3. The molecule has 0 amide bonds. The Labute approximate surface area is 395 Å². The molecule has 0 aliphatic rings. The zero-order valence-corrected chi connectivity index (χ0v) is 40.2. The normalized spacial score (nSPS) is 10.9. The van der Waals surface area contributed by atoms with Crippen LogP contribution in [0.15, 0.2) is 0 Å². The summed E-state index contributed by atoms with van der Waals surface area (Å²) in [5.41, 5.74) is -1.69. The molecule has 0 saturated carbocycles. The van der Waals surface area contributed by atoms with Crippen molar-refractivity contribution in [3.63, 3.8) is 0 Å². The van der Waals surface area contributed by atoms with E-state index in [1.165, 1.54) is 0 Å². The van der Waals surface area contributed by atoms with Gasteiger partial charge in [0.1, 0.15) is 51.7 Å². The third-order valence-electron chi connectivity index (χ3n) is 7.93. The van der Waals surface area contributed by atoms with Crippen molar-refractivity contribution in [1.29, 1.82) is 0 Å². The summed E-state index contributed by atoms with van der Waals surface area (Å²) in [5, 5.41) is 0. The fourth-order valence-corrected chi connectivity index (χ4v) is 5.23. The fraction of sp³-hybridized carbons (Fsp3) is 0.825. The average Bonchev–Trinajstić information content (AvgIpc) is 3.23. The van der Waals surface area contributed by atoms with Crippen LogP contribution in [0.4, 0.5) is 0 Å². The zero-order valence-electron chi connectivity index (χ0n) is 35.8. The maximum Gasteiger partial charge on any atom is 0.306 e. The Kier molecular flexibility index (Phi) is 44.4. The number of carbonyl (C=O) groups is 7. The summed E-state index contributed by atoms with van der Waals surface area (Å²) in [6.45, 7) is 6.72. The Morgan fingerprint density at radius 3 is 0.887 bits per heavy atom. The van der Waals surface area contributed by atoms with Crippen LogP contribution in [0.25, 0.3) is 0 Å². The first kappa shape index (κ1) is 64.2. The molecule has 0 radical (unpaired) electrons. The lowest BCUT2D eigenvalue weighted by atomic mass is 9.88. The lowest BCUT2D eigenvalue weighted by Gasteiger charge is -2.32. The van der Waals surface area contributed by atoms with Crippen LogP contribution >= 0.6 is 63.1 Å². The third kappa shape index (κ3) is 36.3. The van der Waals surface area contributed by atoms with Crippen LogP contribution in [0.3, 0.4) is 0 Å². The minimum Gasteiger partial charge on any atom is -0.465 e. The topological polar surface area (TPSA) is 212 Å². The summed E-state index contributed by atoms with van der Waals surface area (Å²) in [6.07, 6.45) is 2.55. The van der Waals surface area contributed by atoms with Gasteiger partial charge < -0.3 is 47.4 Å². The SMILES string of the molecule is C.CCC(=O)OCCOCC(CC)(COCCOC(=O)CCS)COCCOC(=O)CCS.CCCC(=O)OCC(COC(=O)CCS)(COC(=O)CCS)COC(=O)CCS. The summed E-state index contributed by atoms with van der Waals surface area (Å²) in [5.74, 6) is -1.16. The van der Waals surface area contributed by atoms with Gasteiger partial charge in [0.05, 0.1) is 71.7 Å². The van der Waals surface area contributed by atoms with Crippen molar-refractivity contribution in [2.75, 3.05) is 115 Å². The van der Waals surface area contributed by atoms with Gasteiger partial charge in [0, 0.05) is 47.0 Å². The van der Waals surface area contributed by atoms with Crippen LogP contribution in [0.1, 0.15) is 86.0 Å². The van der Waals surface area contributed by atoms with Gasteiger partial charge in [-0.15, -0.1) is 0 Å². The van der Waals surface area contributed by atoms with Crippen LogP contribution in [0.5, 0.6) is 0 Å². The Bertz CT molecular complexity index is 1110. The smallest absolute Gasteiger partial charge is 0.306 e. The van der Waals surface area contributed by atoms with Crippen molar-refractivity contribution in [2.45, 2.75) is 86.0 Å². The van der Waals surface area contributed by atoms with Crippen molar-refractivity contribution in [2.24, 2.45) is 10.8 Å². The average molecular weight is 985 g/mol. The molecular weight excluding hydrogens is 913 g/mol. The first-order valence-electron chi connectivity index (χ1n) is 20.1. The lowest BCUT2D eigenvalue weighted by molar-refractivity contribution is -0.170. The van der Waals surface area contributed by atoms with Crippen LogP contribution < -0.4 is 0 Å². The lowest BCUT2D eigenvalue weighted by Crippen LogP contribution is -2.44. The van der Waals surface area contributed by atoms with Crippen LogP contribution in [-0.4, -0.2) is 156 Å². The molecule has 0 bridgehead atoms. The van der Waals surface area contributed by atoms with Gasteiger partial charge in [-0.05, 0) is 12.8 Å². The molecule has 62 heavy (non-hydrogen) atoms. The summed E-state index contributed by atoms with van der Waals surface area (Å²) in [4.78, 5) is 81.2. The number of hydrogen-bond acceptors (Lipinski definition) is 22. The van der Waals surface area contributed by atoms with Gasteiger partial charge in [-0.3, -0.25) is 33.6 Å². The van der Waals surface area contributed by atoms with E-state index in [-0.39, 0.29) is 130 Å². The molecule has 0 aromatic carbocycles. The highest BCUT2D eigenvalue weighted by Crippen LogP contribution is 2.25. The van der Waals surface area contributed by atoms with Crippen LogP contribution in [0, 0.1) is 10.8 Å². The Morgan fingerprint density at radius 1 is 0.355 bits per heavy atom. The van der Waals surface area contributed by atoms with Crippen molar-refractivity contribution in [1.82, 2.24) is 0 Å². The number of ether oxygens (including phenoxy) is 10.